The van der Waals surface area contributed by atoms with Crippen molar-refractivity contribution >= 4 is 23.2 Å². The van der Waals surface area contributed by atoms with E-state index in [9.17, 15) is 5.11 Å². The molecule has 4 N–H and O–H groups in total. The molecule has 0 unspecified atom stereocenters. The molecule has 1 aliphatic heterocycles. The highest BCUT2D eigenvalue weighted by Gasteiger charge is 2.24. The molecule has 1 atom stereocenters. The molecule has 1 aromatic rings. The summed E-state index contributed by atoms with van der Waals surface area (Å²) in [6.45, 7) is 6.02. The first kappa shape index (κ1) is 17.8. The molecule has 1 aliphatic rings. The van der Waals surface area contributed by atoms with Gasteiger partial charge in [0.25, 0.3) is 0 Å². The Bertz CT molecular complexity index is 468. The highest BCUT2D eigenvalue weighted by Crippen LogP contribution is 2.27. The van der Waals surface area contributed by atoms with Gasteiger partial charge in [0, 0.05) is 5.02 Å². The smallest absolute Gasteiger partial charge is 0.138 e. The number of quaternary nitrogens is 2. The van der Waals surface area contributed by atoms with Gasteiger partial charge in [-0.05, 0) is 18.2 Å². The zero-order chi connectivity index (χ0) is 15.9. The van der Waals surface area contributed by atoms with E-state index in [2.05, 4.69) is 0 Å². The monoisotopic (exact) mass is 350 g/mol. The van der Waals surface area contributed by atoms with Crippen LogP contribution in [0.1, 0.15) is 0 Å². The number of rotatable bonds is 7. The van der Waals surface area contributed by atoms with Gasteiger partial charge in [-0.25, -0.2) is 0 Å². The fraction of sp³-hybridized carbons (Fsp3) is 0.600. The number of piperazine rings is 1. The molecule has 0 amide bonds. The summed E-state index contributed by atoms with van der Waals surface area (Å²) in [6.07, 6.45) is -0.527. The maximum Gasteiger partial charge on any atom is 0.138 e. The van der Waals surface area contributed by atoms with Gasteiger partial charge in [-0.2, -0.15) is 0 Å². The van der Waals surface area contributed by atoms with Crippen molar-refractivity contribution in [2.45, 2.75) is 6.10 Å². The van der Waals surface area contributed by atoms with Crippen molar-refractivity contribution in [2.75, 3.05) is 52.5 Å². The van der Waals surface area contributed by atoms with E-state index in [1.54, 1.807) is 18.2 Å². The Morgan fingerprint density at radius 1 is 1.14 bits per heavy atom. The molecule has 1 saturated heterocycles. The Morgan fingerprint density at radius 2 is 1.82 bits per heavy atom. The minimum absolute atomic E-state index is 0.220. The van der Waals surface area contributed by atoms with Crippen molar-refractivity contribution < 1.29 is 24.7 Å². The van der Waals surface area contributed by atoms with E-state index in [1.165, 1.54) is 9.80 Å². The van der Waals surface area contributed by atoms with E-state index in [1.807, 2.05) is 0 Å². The van der Waals surface area contributed by atoms with Crippen LogP contribution in [0, 0.1) is 0 Å². The van der Waals surface area contributed by atoms with Crippen molar-refractivity contribution in [2.24, 2.45) is 0 Å². The van der Waals surface area contributed by atoms with Crippen LogP contribution in [0.3, 0.4) is 0 Å². The lowest BCUT2D eigenvalue weighted by Crippen LogP contribution is -3.28. The third-order valence-electron chi connectivity index (χ3n) is 3.98. The molecule has 0 aromatic heterocycles. The van der Waals surface area contributed by atoms with E-state index in [0.717, 1.165) is 32.7 Å². The summed E-state index contributed by atoms with van der Waals surface area (Å²) in [5.41, 5.74) is 0. The van der Waals surface area contributed by atoms with Crippen LogP contribution < -0.4 is 14.5 Å². The number of hydrogen-bond donors (Lipinski definition) is 4. The lowest BCUT2D eigenvalue weighted by Gasteiger charge is -2.30. The number of ether oxygens (including phenoxy) is 1. The topological polar surface area (TPSA) is 58.6 Å². The van der Waals surface area contributed by atoms with Gasteiger partial charge in [0.15, 0.2) is 0 Å². The van der Waals surface area contributed by atoms with E-state index in [-0.39, 0.29) is 13.2 Å². The second-order valence-corrected chi connectivity index (χ2v) is 6.56. The summed E-state index contributed by atoms with van der Waals surface area (Å²) in [5.74, 6) is 0.539. The quantitative estimate of drug-likeness (QED) is 0.484. The van der Waals surface area contributed by atoms with Gasteiger partial charge in [-0.3, -0.25) is 0 Å². The molecule has 0 spiro atoms. The maximum atomic E-state index is 10.1. The Balaban J connectivity index is 1.71. The first-order chi connectivity index (χ1) is 10.6. The lowest BCUT2D eigenvalue weighted by molar-refractivity contribution is -1.01. The molecule has 1 heterocycles. The van der Waals surface area contributed by atoms with E-state index in [4.69, 9.17) is 33.0 Å². The van der Waals surface area contributed by atoms with Crippen LogP contribution in [0.25, 0.3) is 0 Å². The number of hydrogen-bond acceptors (Lipinski definition) is 3. The van der Waals surface area contributed by atoms with Crippen molar-refractivity contribution in [1.82, 2.24) is 0 Å². The summed E-state index contributed by atoms with van der Waals surface area (Å²) in [4.78, 5) is 2.81. The first-order valence-corrected chi connectivity index (χ1v) is 8.38. The molecule has 0 aliphatic carbocycles. The highest BCUT2D eigenvalue weighted by molar-refractivity contribution is 6.35. The summed E-state index contributed by atoms with van der Waals surface area (Å²) in [6, 6.07) is 5.05. The van der Waals surface area contributed by atoms with Gasteiger partial charge in [0.05, 0.1) is 11.6 Å². The van der Waals surface area contributed by atoms with Gasteiger partial charge in [0.1, 0.15) is 57.7 Å². The second kappa shape index (κ2) is 8.91. The molecule has 0 radical (unpaired) electrons. The molecule has 1 aromatic carbocycles. The summed E-state index contributed by atoms with van der Waals surface area (Å²) >= 11 is 11.9. The Kier molecular flexibility index (Phi) is 7.21. The minimum Gasteiger partial charge on any atom is -0.489 e. The summed E-state index contributed by atoms with van der Waals surface area (Å²) < 4.78 is 5.56. The zero-order valence-corrected chi connectivity index (χ0v) is 14.0. The van der Waals surface area contributed by atoms with Crippen LogP contribution in [0.5, 0.6) is 5.75 Å². The zero-order valence-electron chi connectivity index (χ0n) is 12.5. The molecular weight excluding hydrogens is 327 g/mol. The van der Waals surface area contributed by atoms with Crippen LogP contribution in [0.15, 0.2) is 18.2 Å². The van der Waals surface area contributed by atoms with Gasteiger partial charge in [-0.1, -0.05) is 23.2 Å². The number of aliphatic hydroxyl groups is 2. The predicted molar refractivity (Wildman–Crippen MR) is 86.2 cm³/mol. The van der Waals surface area contributed by atoms with E-state index in [0.29, 0.717) is 22.3 Å². The third kappa shape index (κ3) is 5.57. The lowest BCUT2D eigenvalue weighted by atomic mass is 10.2. The first-order valence-electron chi connectivity index (χ1n) is 7.62. The molecule has 1 fully saturated rings. The Morgan fingerprint density at radius 3 is 2.45 bits per heavy atom. The van der Waals surface area contributed by atoms with Crippen LogP contribution in [-0.2, 0) is 0 Å². The fourth-order valence-corrected chi connectivity index (χ4v) is 3.20. The largest absolute Gasteiger partial charge is 0.489 e. The molecular formula is C15H24Cl2N2O3+2. The van der Waals surface area contributed by atoms with E-state index >= 15 is 0 Å². The van der Waals surface area contributed by atoms with Crippen molar-refractivity contribution in [3.05, 3.63) is 28.2 Å². The fourth-order valence-electron chi connectivity index (χ4n) is 2.74. The normalized spacial score (nSPS) is 23.3. The van der Waals surface area contributed by atoms with Crippen molar-refractivity contribution in [3.63, 3.8) is 0 Å². The third-order valence-corrected chi connectivity index (χ3v) is 4.51. The van der Waals surface area contributed by atoms with Crippen LogP contribution in [0.4, 0.5) is 0 Å². The number of benzene rings is 1. The average molecular weight is 351 g/mol. The number of halogens is 2. The van der Waals surface area contributed by atoms with E-state index < -0.39 is 6.10 Å². The second-order valence-electron chi connectivity index (χ2n) is 5.72. The molecule has 2 rings (SSSR count). The molecule has 7 heteroatoms. The molecule has 124 valence electrons. The number of aliphatic hydroxyl groups excluding tert-OH is 2. The standard InChI is InChI=1S/C15H22Cl2N2O3/c16-12-1-2-15(14(17)9-12)22-11-13(21)10-19-5-3-18(4-6-19)7-8-20/h1-2,9,13,20-21H,3-8,10-11H2/p+2/t13-/m1/s1. The summed E-state index contributed by atoms with van der Waals surface area (Å²) in [7, 11) is 0. The molecule has 0 saturated carbocycles. The summed E-state index contributed by atoms with van der Waals surface area (Å²) in [5, 5.41) is 20.1. The van der Waals surface area contributed by atoms with Crippen LogP contribution in [-0.4, -0.2) is 68.8 Å². The molecule has 22 heavy (non-hydrogen) atoms. The maximum absolute atomic E-state index is 10.1. The van der Waals surface area contributed by atoms with Gasteiger partial charge in [-0.15, -0.1) is 0 Å². The predicted octanol–water partition coefficient (Wildman–Crippen LogP) is -1.49. The van der Waals surface area contributed by atoms with Crippen LogP contribution in [0.2, 0.25) is 10.0 Å². The van der Waals surface area contributed by atoms with Crippen LogP contribution >= 0.6 is 23.2 Å². The van der Waals surface area contributed by atoms with Gasteiger partial charge >= 0.3 is 0 Å². The molecule has 0 bridgehead atoms. The van der Waals surface area contributed by atoms with Crippen molar-refractivity contribution in [3.8, 4) is 5.75 Å². The van der Waals surface area contributed by atoms with Gasteiger partial charge in [0.2, 0.25) is 0 Å². The minimum atomic E-state index is -0.527. The molecule has 5 nitrogen and oxygen atoms in total. The van der Waals surface area contributed by atoms with Gasteiger partial charge < -0.3 is 24.7 Å². The SMILES string of the molecule is OCC[NH+]1CC[NH+](C[C@@H](O)COc2ccc(Cl)cc2Cl)CC1. The number of nitrogens with one attached hydrogen (secondary N) is 2. The Hall–Kier alpha value is -0.560. The Labute approximate surface area is 141 Å². The van der Waals surface area contributed by atoms with Crippen molar-refractivity contribution in [1.29, 1.82) is 0 Å². The highest BCUT2D eigenvalue weighted by atomic mass is 35.5. The average Bonchev–Trinajstić information content (AvgIpc) is 2.49.